The first-order valence-electron chi connectivity index (χ1n) is 7.95. The molecule has 26 heavy (non-hydrogen) atoms. The summed E-state index contributed by atoms with van der Waals surface area (Å²) in [5.74, 6) is -0.780. The first-order chi connectivity index (χ1) is 12.3. The van der Waals surface area contributed by atoms with Crippen molar-refractivity contribution in [3.05, 3.63) is 30.0 Å². The second kappa shape index (κ2) is 10.9. The molecule has 0 aliphatic heterocycles. The van der Waals surface area contributed by atoms with Gasteiger partial charge < -0.3 is 25.8 Å². The van der Waals surface area contributed by atoms with E-state index in [1.807, 2.05) is 24.4 Å². The highest BCUT2D eigenvalue weighted by atomic mass is 35.5. The van der Waals surface area contributed by atoms with Gasteiger partial charge in [-0.15, -0.1) is 23.2 Å². The number of rotatable bonds is 8. The number of aliphatic carboxylic acids is 2. The molecule has 0 saturated carbocycles. The van der Waals surface area contributed by atoms with E-state index in [0.29, 0.717) is 18.2 Å². The lowest BCUT2D eigenvalue weighted by atomic mass is 10.1. The number of hydrogen-bond donors (Lipinski definition) is 4. The van der Waals surface area contributed by atoms with Crippen LogP contribution >= 0.6 is 23.2 Å². The van der Waals surface area contributed by atoms with Crippen molar-refractivity contribution < 1.29 is 19.8 Å². The Balaban J connectivity index is 0.000000765. The van der Waals surface area contributed by atoms with E-state index in [1.165, 1.54) is 0 Å². The minimum atomic E-state index is -0.999. The van der Waals surface area contributed by atoms with Gasteiger partial charge in [0.2, 0.25) is 0 Å². The molecule has 0 spiro atoms. The van der Waals surface area contributed by atoms with Gasteiger partial charge in [0, 0.05) is 61.0 Å². The van der Waals surface area contributed by atoms with Gasteiger partial charge in [-0.25, -0.2) is 0 Å². The van der Waals surface area contributed by atoms with E-state index in [2.05, 4.69) is 9.88 Å². The van der Waals surface area contributed by atoms with Crippen molar-refractivity contribution in [2.75, 3.05) is 29.7 Å². The second-order valence-electron chi connectivity index (χ2n) is 5.58. The molecule has 7 nitrogen and oxygen atoms in total. The van der Waals surface area contributed by atoms with Crippen molar-refractivity contribution in [3.8, 4) is 0 Å². The molecule has 1 aromatic heterocycles. The Morgan fingerprint density at radius 1 is 1.23 bits per heavy atom. The normalized spacial score (nSPS) is 11.5. The number of H-pyrrole nitrogens is 1. The Bertz CT molecular complexity index is 726. The molecule has 0 radical (unpaired) electrons. The number of alkyl halides is 2. The maximum absolute atomic E-state index is 10.9. The zero-order valence-corrected chi connectivity index (χ0v) is 15.9. The number of carboxylic acids is 2. The maximum atomic E-state index is 10.9. The predicted molar refractivity (Wildman–Crippen MR) is 105 cm³/mol. The summed E-state index contributed by atoms with van der Waals surface area (Å²) in [5, 5.41) is 17.3. The highest BCUT2D eigenvalue weighted by molar-refractivity contribution is 6.18. The zero-order valence-electron chi connectivity index (χ0n) is 14.4. The third-order valence-corrected chi connectivity index (χ3v) is 3.92. The molecule has 0 fully saturated rings. The molecule has 0 aliphatic rings. The first-order valence-corrected chi connectivity index (χ1v) is 9.01. The summed E-state index contributed by atoms with van der Waals surface area (Å²) in [6.45, 7) is 2.52. The lowest BCUT2D eigenvalue weighted by molar-refractivity contribution is -0.138. The van der Waals surface area contributed by atoms with Crippen LogP contribution in [0, 0.1) is 0 Å². The monoisotopic (exact) mass is 403 g/mol. The lowest BCUT2D eigenvalue weighted by Crippen LogP contribution is -2.32. The standard InChI is InChI=1S/C15H19Cl2N3O2.C2H4O2/c16-3-5-20(6-4-17)11-1-2-12-10(7-13(18)15(21)22)9-19-14(12)8-11;1-2(3)4/h1-2,8-9,13,19H,3-7,18H2,(H,21,22);1H3,(H,3,4). The summed E-state index contributed by atoms with van der Waals surface area (Å²) in [7, 11) is 0. The fourth-order valence-electron chi connectivity index (χ4n) is 2.44. The minimum absolute atomic E-state index is 0.293. The topological polar surface area (TPSA) is 120 Å². The number of hydrogen-bond acceptors (Lipinski definition) is 4. The van der Waals surface area contributed by atoms with Crippen LogP contribution in [0.15, 0.2) is 24.4 Å². The molecule has 5 N–H and O–H groups in total. The highest BCUT2D eigenvalue weighted by Gasteiger charge is 2.15. The van der Waals surface area contributed by atoms with E-state index in [1.54, 1.807) is 0 Å². The molecular formula is C17H23Cl2N3O4. The number of anilines is 1. The molecule has 1 atom stereocenters. The minimum Gasteiger partial charge on any atom is -0.481 e. The first kappa shape index (κ1) is 22.1. The second-order valence-corrected chi connectivity index (χ2v) is 6.33. The van der Waals surface area contributed by atoms with Crippen LogP contribution in [0.1, 0.15) is 12.5 Å². The third-order valence-electron chi connectivity index (χ3n) is 3.58. The molecule has 0 bridgehead atoms. The number of carbonyl (C=O) groups is 2. The van der Waals surface area contributed by atoms with Crippen molar-refractivity contribution >= 4 is 51.7 Å². The Kier molecular flexibility index (Phi) is 9.26. The number of nitrogens with one attached hydrogen (secondary N) is 1. The summed E-state index contributed by atoms with van der Waals surface area (Å²) in [6, 6.07) is 5.08. The van der Waals surface area contributed by atoms with Gasteiger partial charge in [-0.1, -0.05) is 6.07 Å². The molecular weight excluding hydrogens is 381 g/mol. The average molecular weight is 404 g/mol. The number of aromatic amines is 1. The lowest BCUT2D eigenvalue weighted by Gasteiger charge is -2.22. The molecule has 1 aromatic carbocycles. The Morgan fingerprint density at radius 3 is 2.31 bits per heavy atom. The molecule has 1 unspecified atom stereocenters. The van der Waals surface area contributed by atoms with Crippen molar-refractivity contribution in [1.29, 1.82) is 0 Å². The smallest absolute Gasteiger partial charge is 0.320 e. The van der Waals surface area contributed by atoms with Crippen LogP contribution in [-0.2, 0) is 16.0 Å². The molecule has 9 heteroatoms. The number of fused-ring (bicyclic) bond motifs is 1. The number of carboxylic acid groups (broad SMARTS) is 2. The van der Waals surface area contributed by atoms with Crippen LogP contribution in [-0.4, -0.2) is 58.0 Å². The van der Waals surface area contributed by atoms with E-state index < -0.39 is 18.0 Å². The van der Waals surface area contributed by atoms with Crippen LogP contribution in [0.2, 0.25) is 0 Å². The van der Waals surface area contributed by atoms with Crippen molar-refractivity contribution in [1.82, 2.24) is 4.98 Å². The van der Waals surface area contributed by atoms with Gasteiger partial charge in [0.05, 0.1) is 0 Å². The van der Waals surface area contributed by atoms with E-state index >= 15 is 0 Å². The van der Waals surface area contributed by atoms with Gasteiger partial charge in [-0.3, -0.25) is 9.59 Å². The van der Waals surface area contributed by atoms with E-state index in [9.17, 15) is 4.79 Å². The fraction of sp³-hybridized carbons (Fsp3) is 0.412. The van der Waals surface area contributed by atoms with Gasteiger partial charge in [0.15, 0.2) is 0 Å². The van der Waals surface area contributed by atoms with Gasteiger partial charge in [-0.05, 0) is 17.7 Å². The number of nitrogens with zero attached hydrogens (tertiary/aromatic N) is 1. The number of benzene rings is 1. The maximum Gasteiger partial charge on any atom is 0.320 e. The predicted octanol–water partition coefficient (Wildman–Crippen LogP) is 2.50. The summed E-state index contributed by atoms with van der Waals surface area (Å²) in [5.41, 5.74) is 8.48. The van der Waals surface area contributed by atoms with Crippen molar-refractivity contribution in [2.24, 2.45) is 5.73 Å². The Morgan fingerprint density at radius 2 is 1.81 bits per heavy atom. The van der Waals surface area contributed by atoms with Crippen molar-refractivity contribution in [3.63, 3.8) is 0 Å². The van der Waals surface area contributed by atoms with E-state index in [0.717, 1.165) is 42.2 Å². The number of nitrogens with two attached hydrogens (primary N) is 1. The zero-order chi connectivity index (χ0) is 19.7. The molecule has 1 heterocycles. The molecule has 2 rings (SSSR count). The van der Waals surface area contributed by atoms with Crippen molar-refractivity contribution in [2.45, 2.75) is 19.4 Å². The summed E-state index contributed by atoms with van der Waals surface area (Å²) in [4.78, 5) is 25.2. The molecule has 0 amide bonds. The average Bonchev–Trinajstić information content (AvgIpc) is 2.96. The van der Waals surface area contributed by atoms with Gasteiger partial charge >= 0.3 is 5.97 Å². The Labute approximate surface area is 161 Å². The summed E-state index contributed by atoms with van der Waals surface area (Å²) >= 11 is 11.7. The number of halogens is 2. The van der Waals surface area contributed by atoms with E-state index in [4.69, 9.17) is 43.9 Å². The SMILES string of the molecule is CC(=O)O.NC(Cc1c[nH]c2cc(N(CCCl)CCCl)ccc12)C(=O)O. The number of aromatic nitrogens is 1. The largest absolute Gasteiger partial charge is 0.481 e. The molecule has 2 aromatic rings. The molecule has 0 saturated heterocycles. The van der Waals surface area contributed by atoms with Crippen LogP contribution in [0.25, 0.3) is 10.9 Å². The van der Waals surface area contributed by atoms with Crippen LogP contribution in [0.4, 0.5) is 5.69 Å². The third kappa shape index (κ3) is 6.74. The van der Waals surface area contributed by atoms with Crippen LogP contribution in [0.3, 0.4) is 0 Å². The Hall–Kier alpha value is -1.96. The molecule has 0 aliphatic carbocycles. The van der Waals surface area contributed by atoms with Crippen LogP contribution < -0.4 is 10.6 Å². The summed E-state index contributed by atoms with van der Waals surface area (Å²) < 4.78 is 0. The van der Waals surface area contributed by atoms with E-state index in [-0.39, 0.29) is 0 Å². The molecule has 144 valence electrons. The summed E-state index contributed by atoms with van der Waals surface area (Å²) in [6.07, 6.45) is 2.10. The van der Waals surface area contributed by atoms with Crippen LogP contribution in [0.5, 0.6) is 0 Å². The van der Waals surface area contributed by atoms with Gasteiger partial charge in [-0.2, -0.15) is 0 Å². The van der Waals surface area contributed by atoms with Gasteiger partial charge in [0.1, 0.15) is 6.04 Å². The quantitative estimate of drug-likeness (QED) is 0.502. The highest BCUT2D eigenvalue weighted by Crippen LogP contribution is 2.25. The van der Waals surface area contributed by atoms with Gasteiger partial charge in [0.25, 0.3) is 5.97 Å². The fourth-order valence-corrected chi connectivity index (χ4v) is 2.85.